The second kappa shape index (κ2) is 5.39. The quantitative estimate of drug-likeness (QED) is 0.581. The summed E-state index contributed by atoms with van der Waals surface area (Å²) in [4.78, 5) is 15.7. The Morgan fingerprint density at radius 2 is 2.27 bits per heavy atom. The minimum absolute atomic E-state index is 0.0291. The zero-order chi connectivity index (χ0) is 11.3. The van der Waals surface area contributed by atoms with E-state index < -0.39 is 11.4 Å². The molecule has 0 aliphatic rings. The van der Waals surface area contributed by atoms with E-state index >= 15 is 0 Å². The number of benzene rings is 1. The molecule has 0 saturated heterocycles. The summed E-state index contributed by atoms with van der Waals surface area (Å²) in [6.07, 6.45) is 0. The summed E-state index contributed by atoms with van der Waals surface area (Å²) in [5.41, 5.74) is 2.28. The standard InChI is InChI=1S/C7H8N2O5S/c1-8-14-9(10)6-3-2-4-7(5-6)13-15(11)12/h2-5,8H,1H3. The van der Waals surface area contributed by atoms with Crippen molar-refractivity contribution in [2.75, 3.05) is 7.05 Å². The molecule has 1 aromatic rings. The van der Waals surface area contributed by atoms with Crippen LogP contribution in [0.4, 0.5) is 5.69 Å². The van der Waals surface area contributed by atoms with Crippen molar-refractivity contribution < 1.29 is 22.8 Å². The van der Waals surface area contributed by atoms with Crippen LogP contribution in [0, 0.1) is 4.91 Å². The average Bonchev–Trinajstić information content (AvgIpc) is 2.17. The third-order valence-corrected chi connectivity index (χ3v) is 1.70. The van der Waals surface area contributed by atoms with Crippen LogP contribution in [0.5, 0.6) is 5.75 Å². The lowest BCUT2D eigenvalue weighted by Gasteiger charge is -2.05. The van der Waals surface area contributed by atoms with Crippen LogP contribution in [0.1, 0.15) is 0 Å². The van der Waals surface area contributed by atoms with E-state index in [1.165, 1.54) is 31.3 Å². The number of hydrogen-bond donors (Lipinski definition) is 1. The first-order chi connectivity index (χ1) is 7.13. The van der Waals surface area contributed by atoms with Crippen molar-refractivity contribution in [3.8, 4) is 5.75 Å². The fourth-order valence-electron chi connectivity index (χ4n) is 0.863. The molecule has 0 aliphatic heterocycles. The van der Waals surface area contributed by atoms with Crippen LogP contribution in [0.25, 0.3) is 0 Å². The lowest BCUT2D eigenvalue weighted by Crippen LogP contribution is -2.14. The largest absolute Gasteiger partial charge is 0.740 e. The van der Waals surface area contributed by atoms with Gasteiger partial charge in [-0.3, -0.25) is 0 Å². The molecular formula is C7H8N2O5S. The van der Waals surface area contributed by atoms with E-state index in [0.717, 1.165) is 0 Å². The zero-order valence-electron chi connectivity index (χ0n) is 7.71. The van der Waals surface area contributed by atoms with Gasteiger partial charge in [-0.2, -0.15) is 0 Å². The summed E-state index contributed by atoms with van der Waals surface area (Å²) in [6.45, 7) is 0. The Bertz CT molecular complexity index is 383. The highest BCUT2D eigenvalue weighted by Gasteiger charge is 2.16. The van der Waals surface area contributed by atoms with Gasteiger partial charge in [0, 0.05) is 13.1 Å². The molecule has 7 nitrogen and oxygen atoms in total. The van der Waals surface area contributed by atoms with Crippen molar-refractivity contribution in [3.63, 3.8) is 0 Å². The maximum atomic E-state index is 11.1. The van der Waals surface area contributed by atoms with Crippen LogP contribution < -0.4 is 9.66 Å². The smallest absolute Gasteiger partial charge is 0.322 e. The van der Waals surface area contributed by atoms with Crippen molar-refractivity contribution in [1.29, 1.82) is 0 Å². The molecule has 0 radical (unpaired) electrons. The molecule has 15 heavy (non-hydrogen) atoms. The van der Waals surface area contributed by atoms with Crippen LogP contribution in [0.15, 0.2) is 24.3 Å². The van der Waals surface area contributed by atoms with E-state index in [1.807, 2.05) is 0 Å². The molecular weight excluding hydrogens is 224 g/mol. The highest BCUT2D eigenvalue weighted by atomic mass is 32.2. The first-order valence-electron chi connectivity index (χ1n) is 3.82. The number of hydrogen-bond acceptors (Lipinski definition) is 6. The molecule has 0 fully saturated rings. The molecule has 8 heteroatoms. The van der Waals surface area contributed by atoms with Crippen LogP contribution in [-0.4, -0.2) is 20.7 Å². The highest BCUT2D eigenvalue weighted by Crippen LogP contribution is 2.19. The van der Waals surface area contributed by atoms with Gasteiger partial charge in [0.05, 0.1) is 11.0 Å². The molecule has 0 amide bonds. The van der Waals surface area contributed by atoms with Gasteiger partial charge in [0.1, 0.15) is 17.1 Å². The SMILES string of the molecule is CNO[N+](=O)c1cccc(OS(=O)[O-])c1. The summed E-state index contributed by atoms with van der Waals surface area (Å²) in [7, 11) is 1.41. The summed E-state index contributed by atoms with van der Waals surface area (Å²) in [5.74, 6) is 0.0291. The lowest BCUT2D eigenvalue weighted by molar-refractivity contribution is -0.763. The first kappa shape index (κ1) is 11.6. The lowest BCUT2D eigenvalue weighted by atomic mass is 10.3. The topological polar surface area (TPSA) is 90.7 Å². The van der Waals surface area contributed by atoms with Crippen molar-refractivity contribution in [1.82, 2.24) is 5.48 Å². The highest BCUT2D eigenvalue weighted by molar-refractivity contribution is 7.74. The first-order valence-corrected chi connectivity index (χ1v) is 4.82. The number of nitrogens with one attached hydrogen (secondary N) is 1. The molecule has 0 aromatic heterocycles. The van der Waals surface area contributed by atoms with E-state index in [1.54, 1.807) is 0 Å². The second-order valence-corrected chi connectivity index (χ2v) is 2.91. The van der Waals surface area contributed by atoms with Gasteiger partial charge in [-0.15, -0.1) is 4.94 Å². The number of rotatable bonds is 5. The fraction of sp³-hybridized carbons (Fsp3) is 0.143. The third-order valence-electron chi connectivity index (χ3n) is 1.37. The van der Waals surface area contributed by atoms with E-state index in [2.05, 4.69) is 14.6 Å². The van der Waals surface area contributed by atoms with Gasteiger partial charge in [-0.1, -0.05) is 11.5 Å². The molecule has 1 rings (SSSR count). The molecule has 1 atom stereocenters. The Morgan fingerprint density at radius 1 is 1.53 bits per heavy atom. The zero-order valence-corrected chi connectivity index (χ0v) is 8.52. The normalized spacial score (nSPS) is 11.9. The summed E-state index contributed by atoms with van der Waals surface area (Å²) >= 11 is -2.67. The summed E-state index contributed by atoms with van der Waals surface area (Å²) in [5, 5.41) is 0. The molecule has 1 aromatic carbocycles. The molecule has 0 spiro atoms. The van der Waals surface area contributed by atoms with Crippen molar-refractivity contribution in [2.24, 2.45) is 0 Å². The maximum Gasteiger partial charge on any atom is 0.322 e. The number of nitrogens with zero attached hydrogens (tertiary/aromatic N) is 1. The Labute approximate surface area is 88.0 Å². The van der Waals surface area contributed by atoms with Crippen LogP contribution in [-0.2, 0) is 16.3 Å². The predicted octanol–water partition coefficient (Wildman–Crippen LogP) is 0.336. The molecule has 1 unspecified atom stereocenters. The molecule has 0 bridgehead atoms. The van der Waals surface area contributed by atoms with E-state index in [0.29, 0.717) is 0 Å². The minimum Gasteiger partial charge on any atom is -0.740 e. The van der Waals surface area contributed by atoms with Gasteiger partial charge in [0.2, 0.25) is 0 Å². The molecule has 1 N–H and O–H groups in total. The minimum atomic E-state index is -2.67. The monoisotopic (exact) mass is 232 g/mol. The van der Waals surface area contributed by atoms with Crippen LogP contribution >= 0.6 is 0 Å². The van der Waals surface area contributed by atoms with E-state index in [4.69, 9.17) is 0 Å². The van der Waals surface area contributed by atoms with Gasteiger partial charge < -0.3 is 8.74 Å². The summed E-state index contributed by atoms with van der Waals surface area (Å²) in [6, 6.07) is 5.51. The molecule has 0 heterocycles. The van der Waals surface area contributed by atoms with Crippen molar-refractivity contribution in [3.05, 3.63) is 29.2 Å². The van der Waals surface area contributed by atoms with Crippen molar-refractivity contribution >= 4 is 17.0 Å². The van der Waals surface area contributed by atoms with Crippen molar-refractivity contribution in [2.45, 2.75) is 0 Å². The van der Waals surface area contributed by atoms with E-state index in [-0.39, 0.29) is 16.4 Å². The van der Waals surface area contributed by atoms with E-state index in [9.17, 15) is 13.7 Å². The predicted molar refractivity (Wildman–Crippen MR) is 49.4 cm³/mol. The second-order valence-electron chi connectivity index (χ2n) is 2.34. The molecule has 0 saturated carbocycles. The number of hydroxylamine groups is 1. The maximum absolute atomic E-state index is 11.1. The third kappa shape index (κ3) is 3.62. The molecule has 0 aliphatic carbocycles. The van der Waals surface area contributed by atoms with Gasteiger partial charge in [-0.25, -0.2) is 4.21 Å². The van der Waals surface area contributed by atoms with Gasteiger partial charge in [0.15, 0.2) is 0 Å². The Hall–Kier alpha value is -1.51. The average molecular weight is 232 g/mol. The Morgan fingerprint density at radius 3 is 2.87 bits per heavy atom. The fourth-order valence-corrected chi connectivity index (χ4v) is 1.12. The van der Waals surface area contributed by atoms with Crippen LogP contribution in [0.3, 0.4) is 0 Å². The van der Waals surface area contributed by atoms with Gasteiger partial charge in [-0.05, 0) is 6.07 Å². The van der Waals surface area contributed by atoms with Gasteiger partial charge in [0.25, 0.3) is 4.92 Å². The Kier molecular flexibility index (Phi) is 4.16. The molecule has 82 valence electrons. The Balaban J connectivity index is 2.82. The van der Waals surface area contributed by atoms with Crippen LogP contribution in [0.2, 0.25) is 0 Å². The summed E-state index contributed by atoms with van der Waals surface area (Å²) < 4.78 is 24.8. The van der Waals surface area contributed by atoms with Gasteiger partial charge >= 0.3 is 5.69 Å².